The van der Waals surface area contributed by atoms with Crippen LogP contribution in [0.15, 0.2) is 11.1 Å². The fraction of sp³-hybridized carbons (Fsp3) is 0.600. The lowest BCUT2D eigenvalue weighted by Crippen LogP contribution is -2.26. The zero-order chi connectivity index (χ0) is 7.78. The predicted octanol–water partition coefficient (Wildman–Crippen LogP) is 2.07. The van der Waals surface area contributed by atoms with E-state index in [2.05, 4.69) is 5.32 Å². The molecule has 1 unspecified atom stereocenters. The van der Waals surface area contributed by atoms with E-state index in [1.165, 1.54) is 0 Å². The topological polar surface area (TPSA) is 12.0 Å². The molecule has 0 radical (unpaired) electrons. The number of hydrogen-bond acceptors (Lipinski definition) is 2. The second-order valence-corrected chi connectivity index (χ2v) is 3.17. The van der Waals surface area contributed by atoms with Crippen LogP contribution in [0.2, 0.25) is 0 Å². The summed E-state index contributed by atoms with van der Waals surface area (Å²) in [7, 11) is 0. The molecular weight excluding hydrogens is 163 g/mol. The van der Waals surface area contributed by atoms with Gasteiger partial charge in [-0.25, -0.2) is 0 Å². The van der Waals surface area contributed by atoms with Gasteiger partial charge in [-0.3, -0.25) is 0 Å². The van der Waals surface area contributed by atoms with Gasteiger partial charge in [-0.2, -0.15) is 13.2 Å². The van der Waals surface area contributed by atoms with E-state index in [9.17, 15) is 13.2 Å². The monoisotopic (exact) mass is 169 g/mol. The average Bonchev–Trinajstić information content (AvgIpc) is 2.11. The largest absolute Gasteiger partial charge is 0.431 e. The second-order valence-electron chi connectivity index (χ2n) is 1.95. The predicted molar refractivity (Wildman–Crippen MR) is 34.3 cm³/mol. The number of allylic oxidation sites excluding steroid dienone is 1. The molecule has 0 saturated heterocycles. The Balaban J connectivity index is 2.60. The third kappa shape index (κ3) is 1.59. The number of rotatable bonds is 0. The summed E-state index contributed by atoms with van der Waals surface area (Å²) in [5.41, 5.74) is -0.634. The number of alkyl halides is 3. The summed E-state index contributed by atoms with van der Waals surface area (Å²) in [5, 5.41) is 3.24. The summed E-state index contributed by atoms with van der Waals surface area (Å²) in [6, 6.07) is 0. The van der Waals surface area contributed by atoms with Gasteiger partial charge in [0.25, 0.3) is 0 Å². The summed E-state index contributed by atoms with van der Waals surface area (Å²) >= 11 is 1.14. The average molecular weight is 169 g/mol. The fourth-order valence-corrected chi connectivity index (χ4v) is 1.34. The normalized spacial score (nSPS) is 26.0. The van der Waals surface area contributed by atoms with Crippen LogP contribution in [0.1, 0.15) is 6.92 Å². The minimum atomic E-state index is -4.21. The van der Waals surface area contributed by atoms with Gasteiger partial charge >= 0.3 is 6.18 Å². The molecule has 1 aliphatic heterocycles. The van der Waals surface area contributed by atoms with E-state index < -0.39 is 11.9 Å². The Morgan fingerprint density at radius 3 is 2.40 bits per heavy atom. The standard InChI is InChI=1S/C5H6F3NS/c1-3-9-4(2-10-3)5(6,7)8/h2-3,9H,1H3. The van der Waals surface area contributed by atoms with Crippen molar-refractivity contribution in [2.24, 2.45) is 0 Å². The Bertz CT molecular complexity index is 163. The Morgan fingerprint density at radius 2 is 2.20 bits per heavy atom. The molecule has 0 saturated carbocycles. The van der Waals surface area contributed by atoms with Gasteiger partial charge in [-0.15, -0.1) is 11.8 Å². The van der Waals surface area contributed by atoms with Crippen LogP contribution in [0.25, 0.3) is 0 Å². The van der Waals surface area contributed by atoms with Crippen molar-refractivity contribution >= 4 is 11.8 Å². The lowest BCUT2D eigenvalue weighted by atomic mass is 10.5. The summed E-state index contributed by atoms with van der Waals surface area (Å²) in [6.45, 7) is 1.68. The second kappa shape index (κ2) is 2.38. The molecule has 58 valence electrons. The number of nitrogens with one attached hydrogen (secondary N) is 1. The number of thioether (sulfide) groups is 1. The van der Waals surface area contributed by atoms with Crippen molar-refractivity contribution in [2.45, 2.75) is 18.5 Å². The highest BCUT2D eigenvalue weighted by Gasteiger charge is 2.36. The molecule has 5 heteroatoms. The van der Waals surface area contributed by atoms with Gasteiger partial charge in [0.1, 0.15) is 5.70 Å². The van der Waals surface area contributed by atoms with Crippen molar-refractivity contribution in [3.8, 4) is 0 Å². The van der Waals surface area contributed by atoms with Crippen LogP contribution >= 0.6 is 11.8 Å². The minimum absolute atomic E-state index is 0.156. The third-order valence-corrected chi connectivity index (χ3v) is 1.95. The van der Waals surface area contributed by atoms with Gasteiger partial charge in [0.2, 0.25) is 0 Å². The Hall–Kier alpha value is -0.320. The zero-order valence-electron chi connectivity index (χ0n) is 5.20. The molecule has 1 N–H and O–H groups in total. The van der Waals surface area contributed by atoms with Gasteiger partial charge in [0.15, 0.2) is 0 Å². The van der Waals surface area contributed by atoms with Crippen molar-refractivity contribution in [1.82, 2.24) is 5.32 Å². The molecule has 1 heterocycles. The molecule has 0 aromatic carbocycles. The maximum Gasteiger partial charge on any atom is 0.431 e. The van der Waals surface area contributed by atoms with Crippen molar-refractivity contribution in [1.29, 1.82) is 0 Å². The summed E-state index contributed by atoms with van der Waals surface area (Å²) in [5.74, 6) is 0. The first kappa shape index (κ1) is 7.78. The highest BCUT2D eigenvalue weighted by molar-refractivity contribution is 8.02. The molecule has 0 bridgehead atoms. The molecule has 0 amide bonds. The molecule has 10 heavy (non-hydrogen) atoms. The molecular formula is C5H6F3NS. The number of hydrogen-bond donors (Lipinski definition) is 1. The van der Waals surface area contributed by atoms with Crippen LogP contribution in [-0.4, -0.2) is 11.6 Å². The van der Waals surface area contributed by atoms with Gasteiger partial charge in [-0.1, -0.05) is 0 Å². The van der Waals surface area contributed by atoms with Gasteiger partial charge in [-0.05, 0) is 6.92 Å². The van der Waals surface area contributed by atoms with E-state index in [0.717, 1.165) is 17.2 Å². The lowest BCUT2D eigenvalue weighted by molar-refractivity contribution is -0.0961. The quantitative estimate of drug-likeness (QED) is 0.595. The Labute approximate surface area is 60.7 Å². The molecule has 0 spiro atoms. The summed E-state index contributed by atoms with van der Waals surface area (Å²) < 4.78 is 35.4. The van der Waals surface area contributed by atoms with Crippen molar-refractivity contribution in [3.63, 3.8) is 0 Å². The van der Waals surface area contributed by atoms with Crippen LogP contribution in [0.4, 0.5) is 13.2 Å². The maximum absolute atomic E-state index is 11.8. The van der Waals surface area contributed by atoms with Crippen LogP contribution in [0.5, 0.6) is 0 Å². The van der Waals surface area contributed by atoms with E-state index in [-0.39, 0.29) is 5.37 Å². The SMILES string of the molecule is CC1NC(C(F)(F)F)=CS1. The smallest absolute Gasteiger partial charge is 0.369 e. The first-order chi connectivity index (χ1) is 4.50. The molecule has 1 nitrogen and oxygen atoms in total. The Morgan fingerprint density at radius 1 is 1.60 bits per heavy atom. The maximum atomic E-state index is 11.8. The molecule has 0 fully saturated rings. The van der Waals surface area contributed by atoms with E-state index >= 15 is 0 Å². The Kier molecular flexibility index (Phi) is 1.85. The molecule has 0 aromatic rings. The fourth-order valence-electron chi connectivity index (χ4n) is 0.606. The van der Waals surface area contributed by atoms with Crippen molar-refractivity contribution in [2.75, 3.05) is 0 Å². The van der Waals surface area contributed by atoms with E-state index in [4.69, 9.17) is 0 Å². The summed E-state index contributed by atoms with van der Waals surface area (Å²) in [4.78, 5) is 0. The van der Waals surface area contributed by atoms with Crippen LogP contribution in [-0.2, 0) is 0 Å². The van der Waals surface area contributed by atoms with Crippen molar-refractivity contribution in [3.05, 3.63) is 11.1 Å². The van der Waals surface area contributed by atoms with E-state index in [1.807, 2.05) is 0 Å². The zero-order valence-corrected chi connectivity index (χ0v) is 6.01. The minimum Gasteiger partial charge on any atom is -0.369 e. The third-order valence-electron chi connectivity index (χ3n) is 1.05. The van der Waals surface area contributed by atoms with E-state index in [1.54, 1.807) is 6.92 Å². The van der Waals surface area contributed by atoms with Gasteiger partial charge in [0.05, 0.1) is 5.37 Å². The lowest BCUT2D eigenvalue weighted by Gasteiger charge is -2.09. The first-order valence-electron chi connectivity index (χ1n) is 2.69. The van der Waals surface area contributed by atoms with Crippen LogP contribution < -0.4 is 5.32 Å². The van der Waals surface area contributed by atoms with Crippen LogP contribution in [0.3, 0.4) is 0 Å². The van der Waals surface area contributed by atoms with Gasteiger partial charge < -0.3 is 5.32 Å². The molecule has 1 aliphatic rings. The summed E-state index contributed by atoms with van der Waals surface area (Å²) in [6.07, 6.45) is -4.21. The molecule has 1 atom stereocenters. The van der Waals surface area contributed by atoms with Crippen molar-refractivity contribution < 1.29 is 13.2 Å². The molecule has 0 aromatic heterocycles. The first-order valence-corrected chi connectivity index (χ1v) is 3.64. The van der Waals surface area contributed by atoms with Crippen LogP contribution in [0, 0.1) is 0 Å². The van der Waals surface area contributed by atoms with Gasteiger partial charge in [0, 0.05) is 5.41 Å². The highest BCUT2D eigenvalue weighted by Crippen LogP contribution is 2.31. The molecule has 0 aliphatic carbocycles. The number of halogens is 3. The van der Waals surface area contributed by atoms with E-state index in [0.29, 0.717) is 0 Å². The highest BCUT2D eigenvalue weighted by atomic mass is 32.2. The molecule has 1 rings (SSSR count).